The summed E-state index contributed by atoms with van der Waals surface area (Å²) in [5.41, 5.74) is 2.15. The van der Waals surface area contributed by atoms with E-state index >= 15 is 0 Å². The molecule has 1 aliphatic rings. The van der Waals surface area contributed by atoms with E-state index in [4.69, 9.17) is 21.6 Å². The number of hydrogen-bond donors (Lipinski definition) is 0. The van der Waals surface area contributed by atoms with Crippen LogP contribution in [0.25, 0.3) is 11.3 Å². The Morgan fingerprint density at radius 1 is 1.25 bits per heavy atom. The van der Waals surface area contributed by atoms with E-state index in [1.165, 1.54) is 0 Å². The van der Waals surface area contributed by atoms with Crippen molar-refractivity contribution in [1.29, 1.82) is 5.26 Å². The van der Waals surface area contributed by atoms with Crippen molar-refractivity contribution in [2.45, 2.75) is 18.9 Å². The summed E-state index contributed by atoms with van der Waals surface area (Å²) in [5, 5.41) is 14.2. The van der Waals surface area contributed by atoms with Crippen molar-refractivity contribution < 1.29 is 4.74 Å². The van der Waals surface area contributed by atoms with E-state index in [1.807, 2.05) is 29.1 Å². The highest BCUT2D eigenvalue weighted by Crippen LogP contribution is 2.39. The molecular formula is C18H13ClN4O. The molecule has 6 heteroatoms. The fourth-order valence-electron chi connectivity index (χ4n) is 2.49. The van der Waals surface area contributed by atoms with Gasteiger partial charge in [-0.15, -0.1) is 0 Å². The van der Waals surface area contributed by atoms with Crippen molar-refractivity contribution in [1.82, 2.24) is 14.8 Å². The van der Waals surface area contributed by atoms with E-state index in [9.17, 15) is 0 Å². The second-order valence-electron chi connectivity index (χ2n) is 5.66. The Labute approximate surface area is 144 Å². The zero-order chi connectivity index (χ0) is 16.5. The molecule has 118 valence electrons. The largest absolute Gasteiger partial charge is 0.453 e. The monoisotopic (exact) mass is 336 g/mol. The van der Waals surface area contributed by atoms with Crippen LogP contribution in [0.5, 0.6) is 11.5 Å². The van der Waals surface area contributed by atoms with Gasteiger partial charge in [-0.3, -0.25) is 4.68 Å². The molecule has 0 spiro atoms. The summed E-state index contributed by atoms with van der Waals surface area (Å²) < 4.78 is 7.92. The summed E-state index contributed by atoms with van der Waals surface area (Å²) in [6.45, 7) is 0. The molecule has 0 N–H and O–H groups in total. The van der Waals surface area contributed by atoms with Gasteiger partial charge in [0.1, 0.15) is 16.6 Å². The van der Waals surface area contributed by atoms with Crippen molar-refractivity contribution in [2.75, 3.05) is 0 Å². The molecule has 4 rings (SSSR count). The van der Waals surface area contributed by atoms with E-state index < -0.39 is 0 Å². The van der Waals surface area contributed by atoms with Crippen LogP contribution in [0.15, 0.2) is 48.8 Å². The average Bonchev–Trinajstić information content (AvgIpc) is 3.36. The lowest BCUT2D eigenvalue weighted by molar-refractivity contribution is 0.481. The molecule has 2 aromatic heterocycles. The van der Waals surface area contributed by atoms with Crippen LogP contribution in [0.2, 0.25) is 5.15 Å². The van der Waals surface area contributed by atoms with Crippen LogP contribution in [0.3, 0.4) is 0 Å². The smallest absolute Gasteiger partial charge is 0.173 e. The van der Waals surface area contributed by atoms with Gasteiger partial charge >= 0.3 is 0 Å². The zero-order valence-corrected chi connectivity index (χ0v) is 13.4. The van der Waals surface area contributed by atoms with Crippen molar-refractivity contribution >= 4 is 11.6 Å². The van der Waals surface area contributed by atoms with Gasteiger partial charge in [-0.25, -0.2) is 4.98 Å². The van der Waals surface area contributed by atoms with Crippen LogP contribution in [-0.4, -0.2) is 14.8 Å². The molecule has 0 unspecified atom stereocenters. The van der Waals surface area contributed by atoms with Gasteiger partial charge in [0, 0.05) is 17.8 Å². The standard InChI is InChI=1S/C18H13ClN4O/c19-17-9-15(6-7-21-17)24-16-11-23(14-4-5-14)22-18(16)13-3-1-2-12(8-13)10-20/h1-3,6-9,11,14H,4-5H2. The maximum Gasteiger partial charge on any atom is 0.173 e. The maximum atomic E-state index is 9.12. The lowest BCUT2D eigenvalue weighted by atomic mass is 10.1. The van der Waals surface area contributed by atoms with Gasteiger partial charge in [-0.05, 0) is 31.0 Å². The molecule has 1 aromatic carbocycles. The molecule has 0 aliphatic heterocycles. The summed E-state index contributed by atoms with van der Waals surface area (Å²) in [6, 6.07) is 13.3. The van der Waals surface area contributed by atoms with E-state index in [-0.39, 0.29) is 0 Å². The van der Waals surface area contributed by atoms with Gasteiger partial charge in [-0.1, -0.05) is 23.7 Å². The minimum absolute atomic E-state index is 0.370. The minimum Gasteiger partial charge on any atom is -0.453 e. The third kappa shape index (κ3) is 2.97. The van der Waals surface area contributed by atoms with Crippen molar-refractivity contribution in [3.63, 3.8) is 0 Å². The summed E-state index contributed by atoms with van der Waals surface area (Å²) in [7, 11) is 0. The number of hydrogen-bond acceptors (Lipinski definition) is 4. The minimum atomic E-state index is 0.370. The third-order valence-electron chi connectivity index (χ3n) is 3.81. The number of nitrogens with zero attached hydrogens (tertiary/aromatic N) is 4. The molecule has 0 amide bonds. The summed E-state index contributed by atoms with van der Waals surface area (Å²) in [6.07, 6.45) is 5.75. The van der Waals surface area contributed by atoms with Crippen molar-refractivity contribution in [3.05, 3.63) is 59.5 Å². The molecule has 1 aliphatic carbocycles. The van der Waals surface area contributed by atoms with Gasteiger partial charge in [0.05, 0.1) is 23.9 Å². The molecule has 3 aromatic rings. The van der Waals surface area contributed by atoms with Gasteiger partial charge in [-0.2, -0.15) is 10.4 Å². The number of halogens is 1. The Balaban J connectivity index is 1.76. The van der Waals surface area contributed by atoms with E-state index in [1.54, 1.807) is 24.4 Å². The van der Waals surface area contributed by atoms with E-state index in [0.29, 0.717) is 34.0 Å². The molecular weight excluding hydrogens is 324 g/mol. The van der Waals surface area contributed by atoms with Crippen molar-refractivity contribution in [2.24, 2.45) is 0 Å². The Hall–Kier alpha value is -2.84. The summed E-state index contributed by atoms with van der Waals surface area (Å²) in [5.74, 6) is 1.24. The molecule has 0 radical (unpaired) electrons. The van der Waals surface area contributed by atoms with Gasteiger partial charge in [0.25, 0.3) is 0 Å². The van der Waals surface area contributed by atoms with Crippen LogP contribution in [0.1, 0.15) is 24.4 Å². The third-order valence-corrected chi connectivity index (χ3v) is 4.02. The van der Waals surface area contributed by atoms with Gasteiger partial charge < -0.3 is 4.74 Å². The fraction of sp³-hybridized carbons (Fsp3) is 0.167. The fourth-order valence-corrected chi connectivity index (χ4v) is 2.65. The first kappa shape index (κ1) is 14.7. The first-order valence-corrected chi connectivity index (χ1v) is 8.00. The van der Waals surface area contributed by atoms with E-state index in [2.05, 4.69) is 16.2 Å². The first-order valence-electron chi connectivity index (χ1n) is 7.62. The number of ether oxygens (including phenoxy) is 1. The summed E-state index contributed by atoms with van der Waals surface area (Å²) >= 11 is 5.93. The van der Waals surface area contributed by atoms with Crippen LogP contribution in [0.4, 0.5) is 0 Å². The van der Waals surface area contributed by atoms with Gasteiger partial charge in [0.15, 0.2) is 5.75 Å². The molecule has 24 heavy (non-hydrogen) atoms. The van der Waals surface area contributed by atoms with Crippen LogP contribution < -0.4 is 4.74 Å². The molecule has 0 bridgehead atoms. The van der Waals surface area contributed by atoms with Gasteiger partial charge in [0.2, 0.25) is 0 Å². The number of nitriles is 1. The number of rotatable bonds is 4. The second kappa shape index (κ2) is 5.99. The molecule has 5 nitrogen and oxygen atoms in total. The highest BCUT2D eigenvalue weighted by Gasteiger charge is 2.27. The number of aromatic nitrogens is 3. The Morgan fingerprint density at radius 3 is 2.88 bits per heavy atom. The predicted molar refractivity (Wildman–Crippen MR) is 90.0 cm³/mol. The van der Waals surface area contributed by atoms with Crippen LogP contribution in [0, 0.1) is 11.3 Å². The highest BCUT2D eigenvalue weighted by molar-refractivity contribution is 6.29. The first-order chi connectivity index (χ1) is 11.7. The molecule has 0 atom stereocenters. The molecule has 1 saturated carbocycles. The summed E-state index contributed by atoms with van der Waals surface area (Å²) in [4.78, 5) is 3.96. The van der Waals surface area contributed by atoms with Crippen LogP contribution in [-0.2, 0) is 0 Å². The topological polar surface area (TPSA) is 63.7 Å². The lowest BCUT2D eigenvalue weighted by Gasteiger charge is -2.06. The van der Waals surface area contributed by atoms with E-state index in [0.717, 1.165) is 18.4 Å². The normalized spacial score (nSPS) is 13.5. The SMILES string of the molecule is N#Cc1cccc(-c2nn(C3CC3)cc2Oc2ccnc(Cl)c2)c1. The Morgan fingerprint density at radius 2 is 2.12 bits per heavy atom. The highest BCUT2D eigenvalue weighted by atomic mass is 35.5. The zero-order valence-electron chi connectivity index (χ0n) is 12.7. The molecule has 0 saturated heterocycles. The number of pyridine rings is 1. The molecule has 2 heterocycles. The average molecular weight is 337 g/mol. The lowest BCUT2D eigenvalue weighted by Crippen LogP contribution is -1.93. The molecule has 1 fully saturated rings. The van der Waals surface area contributed by atoms with Crippen LogP contribution >= 0.6 is 11.6 Å². The predicted octanol–water partition coefficient (Wildman–Crippen LogP) is 4.60. The Kier molecular flexibility index (Phi) is 3.68. The number of benzene rings is 1. The quantitative estimate of drug-likeness (QED) is 0.653. The maximum absolute atomic E-state index is 9.12. The second-order valence-corrected chi connectivity index (χ2v) is 6.05. The Bertz CT molecular complexity index is 940. The van der Waals surface area contributed by atoms with Crippen molar-refractivity contribution in [3.8, 4) is 28.8 Å².